The Hall–Kier alpha value is -2.15. The lowest BCUT2D eigenvalue weighted by atomic mass is 10.1. The van der Waals surface area contributed by atoms with E-state index in [1.165, 1.54) is 0 Å². The highest BCUT2D eigenvalue weighted by Crippen LogP contribution is 2.24. The number of carbonyl (C=O) groups is 1. The first-order valence-electron chi connectivity index (χ1n) is 7.39. The van der Waals surface area contributed by atoms with Gasteiger partial charge in [-0.1, -0.05) is 5.16 Å². The minimum Gasteiger partial charge on any atom is -0.346 e. The lowest BCUT2D eigenvalue weighted by Crippen LogP contribution is -2.49. The van der Waals surface area contributed by atoms with Crippen molar-refractivity contribution in [3.05, 3.63) is 35.2 Å². The van der Waals surface area contributed by atoms with Crippen LogP contribution >= 0.6 is 0 Å². The second kappa shape index (κ2) is 5.57. The molecule has 1 atom stereocenters. The summed E-state index contributed by atoms with van der Waals surface area (Å²) >= 11 is 0. The van der Waals surface area contributed by atoms with Crippen LogP contribution < -0.4 is 0 Å². The Morgan fingerprint density at radius 3 is 2.68 bits per heavy atom. The Morgan fingerprint density at radius 1 is 1.32 bits per heavy atom. The fourth-order valence-corrected chi connectivity index (χ4v) is 2.90. The molecule has 3 heterocycles. The molecule has 1 amide bonds. The minimum atomic E-state index is -0.0560. The van der Waals surface area contributed by atoms with Crippen LogP contribution in [0.5, 0.6) is 0 Å². The molecule has 118 valence electrons. The lowest BCUT2D eigenvalue weighted by molar-refractivity contribution is 0.0480. The number of likely N-dealkylation sites (N-methyl/N-ethyl adjacent to an activating group) is 1. The van der Waals surface area contributed by atoms with Crippen LogP contribution in [0.15, 0.2) is 16.8 Å². The van der Waals surface area contributed by atoms with Crippen molar-refractivity contribution in [3.63, 3.8) is 0 Å². The highest BCUT2D eigenvalue weighted by atomic mass is 16.5. The Morgan fingerprint density at radius 2 is 2.09 bits per heavy atom. The van der Waals surface area contributed by atoms with Crippen molar-refractivity contribution in [1.29, 1.82) is 0 Å². The Kier molecular flexibility index (Phi) is 3.74. The molecule has 0 aromatic carbocycles. The van der Waals surface area contributed by atoms with Crippen molar-refractivity contribution in [2.45, 2.75) is 19.9 Å². The number of aryl methyl sites for hydroxylation is 3. The number of carbonyl (C=O) groups excluding carboxylic acids is 1. The van der Waals surface area contributed by atoms with E-state index in [1.54, 1.807) is 6.92 Å². The average Bonchev–Trinajstić information content (AvgIpc) is 3.05. The van der Waals surface area contributed by atoms with Crippen LogP contribution in [0.3, 0.4) is 0 Å². The van der Waals surface area contributed by atoms with Gasteiger partial charge in [-0.15, -0.1) is 0 Å². The molecule has 1 aliphatic rings. The Labute approximate surface area is 129 Å². The van der Waals surface area contributed by atoms with E-state index in [4.69, 9.17) is 4.52 Å². The number of nitrogens with zero attached hydrogens (tertiary/aromatic N) is 5. The Bertz CT molecular complexity index is 670. The molecule has 22 heavy (non-hydrogen) atoms. The van der Waals surface area contributed by atoms with E-state index in [-0.39, 0.29) is 11.9 Å². The molecule has 1 saturated heterocycles. The van der Waals surface area contributed by atoms with Gasteiger partial charge < -0.3 is 14.0 Å². The van der Waals surface area contributed by atoms with Crippen LogP contribution in [0.4, 0.5) is 0 Å². The quantitative estimate of drug-likeness (QED) is 0.832. The smallest absolute Gasteiger partial charge is 0.270 e. The molecular formula is C15H21N5O2. The van der Waals surface area contributed by atoms with Gasteiger partial charge in [0, 0.05) is 32.9 Å². The zero-order chi connectivity index (χ0) is 15.9. The van der Waals surface area contributed by atoms with Crippen molar-refractivity contribution in [2.75, 3.05) is 26.7 Å². The van der Waals surface area contributed by atoms with Crippen molar-refractivity contribution in [2.24, 2.45) is 7.05 Å². The molecule has 1 aliphatic heterocycles. The molecule has 0 saturated carbocycles. The van der Waals surface area contributed by atoms with Crippen LogP contribution in [0.1, 0.15) is 33.8 Å². The van der Waals surface area contributed by atoms with Gasteiger partial charge in [-0.05, 0) is 32.5 Å². The average molecular weight is 303 g/mol. The van der Waals surface area contributed by atoms with Crippen LogP contribution in [0.25, 0.3) is 0 Å². The van der Waals surface area contributed by atoms with Gasteiger partial charge in [0.05, 0.1) is 0 Å². The molecule has 1 fully saturated rings. The van der Waals surface area contributed by atoms with Gasteiger partial charge in [-0.25, -0.2) is 0 Å². The maximum Gasteiger partial charge on any atom is 0.270 e. The van der Waals surface area contributed by atoms with E-state index in [0.717, 1.165) is 17.8 Å². The SMILES string of the molecule is Cc1noc(C2CN(C(=O)c3c(C)ccn3C)CCN2C)n1. The molecule has 0 bridgehead atoms. The van der Waals surface area contributed by atoms with Gasteiger partial charge in [-0.2, -0.15) is 4.98 Å². The third-order valence-corrected chi connectivity index (χ3v) is 4.24. The van der Waals surface area contributed by atoms with Gasteiger partial charge in [-0.3, -0.25) is 9.69 Å². The monoisotopic (exact) mass is 303 g/mol. The zero-order valence-electron chi connectivity index (χ0n) is 13.4. The molecule has 0 aliphatic carbocycles. The molecule has 3 rings (SSSR count). The van der Waals surface area contributed by atoms with E-state index in [9.17, 15) is 4.79 Å². The van der Waals surface area contributed by atoms with E-state index in [0.29, 0.717) is 24.8 Å². The predicted octanol–water partition coefficient (Wildman–Crippen LogP) is 1.15. The highest BCUT2D eigenvalue weighted by molar-refractivity contribution is 5.94. The first-order valence-corrected chi connectivity index (χ1v) is 7.39. The minimum absolute atomic E-state index is 0.0549. The number of hydrogen-bond acceptors (Lipinski definition) is 5. The fraction of sp³-hybridized carbons (Fsp3) is 0.533. The van der Waals surface area contributed by atoms with Crippen molar-refractivity contribution in [3.8, 4) is 0 Å². The number of hydrogen-bond donors (Lipinski definition) is 0. The Balaban J connectivity index is 1.82. The molecule has 0 spiro atoms. The van der Waals surface area contributed by atoms with Gasteiger partial charge in [0.25, 0.3) is 5.91 Å². The summed E-state index contributed by atoms with van der Waals surface area (Å²) in [7, 11) is 3.91. The third kappa shape index (κ3) is 2.52. The second-order valence-electron chi connectivity index (χ2n) is 5.89. The van der Waals surface area contributed by atoms with Crippen LogP contribution in [0, 0.1) is 13.8 Å². The fourth-order valence-electron chi connectivity index (χ4n) is 2.90. The maximum atomic E-state index is 12.8. The van der Waals surface area contributed by atoms with E-state index in [2.05, 4.69) is 15.0 Å². The summed E-state index contributed by atoms with van der Waals surface area (Å²) in [6, 6.07) is 1.90. The zero-order valence-corrected chi connectivity index (χ0v) is 13.4. The number of amides is 1. The first-order chi connectivity index (χ1) is 10.5. The number of rotatable bonds is 2. The van der Waals surface area contributed by atoms with Gasteiger partial charge in [0.1, 0.15) is 11.7 Å². The molecule has 7 heteroatoms. The van der Waals surface area contributed by atoms with Crippen molar-refractivity contribution in [1.82, 2.24) is 24.5 Å². The van der Waals surface area contributed by atoms with Crippen LogP contribution in [-0.2, 0) is 7.05 Å². The maximum absolute atomic E-state index is 12.8. The highest BCUT2D eigenvalue weighted by Gasteiger charge is 2.33. The molecule has 7 nitrogen and oxygen atoms in total. The molecule has 0 N–H and O–H groups in total. The van der Waals surface area contributed by atoms with Crippen LogP contribution in [-0.4, -0.2) is 57.1 Å². The molecule has 0 radical (unpaired) electrons. The molecule has 2 aromatic heterocycles. The predicted molar refractivity (Wildman–Crippen MR) is 80.5 cm³/mol. The summed E-state index contributed by atoms with van der Waals surface area (Å²) in [4.78, 5) is 21.1. The largest absolute Gasteiger partial charge is 0.346 e. The van der Waals surface area contributed by atoms with E-state index >= 15 is 0 Å². The molecule has 2 aromatic rings. The summed E-state index contributed by atoms with van der Waals surface area (Å²) in [5, 5.41) is 3.85. The lowest BCUT2D eigenvalue weighted by Gasteiger charge is -2.37. The van der Waals surface area contributed by atoms with Gasteiger partial charge in [0.2, 0.25) is 5.89 Å². The topological polar surface area (TPSA) is 67.4 Å². The van der Waals surface area contributed by atoms with Crippen LogP contribution in [0.2, 0.25) is 0 Å². The molecule has 1 unspecified atom stereocenters. The third-order valence-electron chi connectivity index (χ3n) is 4.24. The number of piperazine rings is 1. The first kappa shape index (κ1) is 14.8. The summed E-state index contributed by atoms with van der Waals surface area (Å²) in [5.74, 6) is 1.24. The van der Waals surface area contributed by atoms with E-state index < -0.39 is 0 Å². The van der Waals surface area contributed by atoms with Crippen molar-refractivity contribution >= 4 is 5.91 Å². The molecular weight excluding hydrogens is 282 g/mol. The second-order valence-corrected chi connectivity index (χ2v) is 5.89. The van der Waals surface area contributed by atoms with Gasteiger partial charge in [0.15, 0.2) is 5.82 Å². The summed E-state index contributed by atoms with van der Waals surface area (Å²) < 4.78 is 7.17. The standard InChI is InChI=1S/C15H21N5O2/c1-10-5-6-19(4)13(10)15(21)20-8-7-18(3)12(9-20)14-16-11(2)17-22-14/h5-6,12H,7-9H2,1-4H3. The van der Waals surface area contributed by atoms with Gasteiger partial charge >= 0.3 is 0 Å². The summed E-state index contributed by atoms with van der Waals surface area (Å²) in [5.41, 5.74) is 1.74. The number of aromatic nitrogens is 3. The van der Waals surface area contributed by atoms with Crippen molar-refractivity contribution < 1.29 is 9.32 Å². The normalized spacial score (nSPS) is 19.6. The van der Waals surface area contributed by atoms with E-state index in [1.807, 2.05) is 42.7 Å². The summed E-state index contributed by atoms with van der Waals surface area (Å²) in [6.07, 6.45) is 1.91. The summed E-state index contributed by atoms with van der Waals surface area (Å²) in [6.45, 7) is 5.79.